The molecule has 0 unspecified atom stereocenters. The molecule has 1 saturated carbocycles. The van der Waals surface area contributed by atoms with E-state index in [0.29, 0.717) is 34.0 Å². The second-order valence-corrected chi connectivity index (χ2v) is 9.20. The molecule has 0 bridgehead atoms. The van der Waals surface area contributed by atoms with Crippen LogP contribution in [0.15, 0.2) is 41.1 Å². The van der Waals surface area contributed by atoms with Crippen molar-refractivity contribution < 1.29 is 23.8 Å². The SMILES string of the molecule is CO.Cc1oc2cc(Oc3ccnn4cc(C(=O)N5CCC5)c(C)c34)ccc2c1C(=O)NC1CCC1. The Morgan fingerprint density at radius 1 is 1.14 bits per heavy atom. The standard InChI is InChI=1S/C26H26N4O4.CH4O/c1-15-20(26(32)29-11-4-12-29)14-30-24(15)21(9-10-27-30)34-18-7-8-19-22(13-18)33-16(2)23(19)25(31)28-17-5-3-6-17;1-2/h7-10,13-14,17H,3-6,11-12H2,1-2H3,(H,28,31);2H,1H3. The maximum absolute atomic E-state index is 12.8. The molecule has 9 nitrogen and oxygen atoms in total. The number of hydrogen-bond acceptors (Lipinski definition) is 6. The Bertz CT molecular complexity index is 1450. The molecule has 36 heavy (non-hydrogen) atoms. The highest BCUT2D eigenvalue weighted by Crippen LogP contribution is 2.34. The molecule has 1 aliphatic carbocycles. The van der Waals surface area contributed by atoms with Crippen LogP contribution in [0.3, 0.4) is 0 Å². The summed E-state index contributed by atoms with van der Waals surface area (Å²) in [4.78, 5) is 27.4. The van der Waals surface area contributed by atoms with Gasteiger partial charge in [0.25, 0.3) is 11.8 Å². The van der Waals surface area contributed by atoms with Gasteiger partial charge in [-0.05, 0) is 57.2 Å². The normalized spacial score (nSPS) is 15.2. The molecule has 0 radical (unpaired) electrons. The predicted octanol–water partition coefficient (Wildman–Crippen LogP) is 4.23. The number of carbonyl (C=O) groups is 2. The van der Waals surface area contributed by atoms with Crippen LogP contribution in [0, 0.1) is 13.8 Å². The van der Waals surface area contributed by atoms with Crippen molar-refractivity contribution in [1.29, 1.82) is 0 Å². The molecule has 2 aliphatic rings. The molecule has 0 atom stereocenters. The Labute approximate surface area is 208 Å². The number of hydrogen-bond donors (Lipinski definition) is 2. The van der Waals surface area contributed by atoms with Crippen LogP contribution in [-0.4, -0.2) is 57.7 Å². The summed E-state index contributed by atoms with van der Waals surface area (Å²) in [6.07, 6.45) is 7.69. The number of ether oxygens (including phenoxy) is 1. The van der Waals surface area contributed by atoms with Crippen LogP contribution in [0.5, 0.6) is 11.5 Å². The predicted molar refractivity (Wildman–Crippen MR) is 135 cm³/mol. The summed E-state index contributed by atoms with van der Waals surface area (Å²) in [5.74, 6) is 1.71. The minimum atomic E-state index is -0.0892. The monoisotopic (exact) mass is 490 g/mol. The molecule has 1 aliphatic heterocycles. The number of aryl methyl sites for hydroxylation is 2. The maximum Gasteiger partial charge on any atom is 0.255 e. The summed E-state index contributed by atoms with van der Waals surface area (Å²) in [6.45, 7) is 5.32. The zero-order valence-electron chi connectivity index (χ0n) is 20.7. The van der Waals surface area contributed by atoms with E-state index in [-0.39, 0.29) is 17.9 Å². The number of aromatic nitrogens is 2. The molecule has 6 rings (SSSR count). The maximum atomic E-state index is 12.8. The highest BCUT2D eigenvalue weighted by molar-refractivity contribution is 6.07. The van der Waals surface area contributed by atoms with Crippen LogP contribution in [0.1, 0.15) is 57.7 Å². The van der Waals surface area contributed by atoms with Crippen molar-refractivity contribution in [3.05, 3.63) is 59.1 Å². The topological polar surface area (TPSA) is 109 Å². The van der Waals surface area contributed by atoms with Gasteiger partial charge in [-0.3, -0.25) is 9.59 Å². The van der Waals surface area contributed by atoms with Crippen LogP contribution in [0.2, 0.25) is 0 Å². The van der Waals surface area contributed by atoms with E-state index < -0.39 is 0 Å². The lowest BCUT2D eigenvalue weighted by atomic mass is 9.93. The van der Waals surface area contributed by atoms with E-state index in [4.69, 9.17) is 14.3 Å². The third-order valence-corrected chi connectivity index (χ3v) is 7.00. The second-order valence-electron chi connectivity index (χ2n) is 9.20. The zero-order chi connectivity index (χ0) is 25.4. The van der Waals surface area contributed by atoms with Gasteiger partial charge in [-0.15, -0.1) is 0 Å². The minimum Gasteiger partial charge on any atom is -0.460 e. The summed E-state index contributed by atoms with van der Waals surface area (Å²) < 4.78 is 13.8. The van der Waals surface area contributed by atoms with Gasteiger partial charge in [-0.1, -0.05) is 0 Å². The van der Waals surface area contributed by atoms with Crippen LogP contribution in [0.4, 0.5) is 0 Å². The summed E-state index contributed by atoms with van der Waals surface area (Å²) in [5.41, 5.74) is 3.41. The largest absolute Gasteiger partial charge is 0.460 e. The van der Waals surface area contributed by atoms with Crippen molar-refractivity contribution >= 4 is 28.3 Å². The highest BCUT2D eigenvalue weighted by Gasteiger charge is 2.27. The fraction of sp³-hybridized carbons (Fsp3) is 0.370. The molecular weight excluding hydrogens is 460 g/mol. The van der Waals surface area contributed by atoms with E-state index in [2.05, 4.69) is 10.4 Å². The van der Waals surface area contributed by atoms with E-state index in [0.717, 1.165) is 62.3 Å². The quantitative estimate of drug-likeness (QED) is 0.433. The summed E-state index contributed by atoms with van der Waals surface area (Å²) in [7, 11) is 1.00. The molecule has 3 aromatic heterocycles. The van der Waals surface area contributed by atoms with Crippen molar-refractivity contribution in [2.24, 2.45) is 0 Å². The highest BCUT2D eigenvalue weighted by atomic mass is 16.5. The van der Waals surface area contributed by atoms with Crippen molar-refractivity contribution in [3.63, 3.8) is 0 Å². The fourth-order valence-corrected chi connectivity index (χ4v) is 4.69. The number of nitrogens with zero attached hydrogens (tertiary/aromatic N) is 3. The molecule has 0 spiro atoms. The number of likely N-dealkylation sites (tertiary alicyclic amines) is 1. The van der Waals surface area contributed by atoms with Crippen LogP contribution >= 0.6 is 0 Å². The number of rotatable bonds is 5. The third kappa shape index (κ3) is 4.09. The van der Waals surface area contributed by atoms with E-state index in [1.54, 1.807) is 29.0 Å². The fourth-order valence-electron chi connectivity index (χ4n) is 4.69. The van der Waals surface area contributed by atoms with Crippen LogP contribution in [-0.2, 0) is 0 Å². The van der Waals surface area contributed by atoms with Crippen LogP contribution < -0.4 is 10.1 Å². The first-order chi connectivity index (χ1) is 17.5. The van der Waals surface area contributed by atoms with Gasteiger partial charge in [0.05, 0.1) is 17.3 Å². The lowest BCUT2D eigenvalue weighted by molar-refractivity contribution is 0.0651. The molecule has 1 saturated heterocycles. The number of benzene rings is 1. The van der Waals surface area contributed by atoms with Gasteiger partial charge >= 0.3 is 0 Å². The molecule has 2 fully saturated rings. The second kappa shape index (κ2) is 9.66. The molecule has 2 N–H and O–H groups in total. The molecule has 4 aromatic rings. The zero-order valence-corrected chi connectivity index (χ0v) is 20.7. The smallest absolute Gasteiger partial charge is 0.255 e. The molecule has 2 amide bonds. The van der Waals surface area contributed by atoms with Gasteiger partial charge in [0, 0.05) is 50.0 Å². The Balaban J connectivity index is 0.00000130. The van der Waals surface area contributed by atoms with Gasteiger partial charge in [-0.25, -0.2) is 4.52 Å². The molecule has 188 valence electrons. The summed E-state index contributed by atoms with van der Waals surface area (Å²) in [6, 6.07) is 7.54. The first-order valence-electron chi connectivity index (χ1n) is 12.2. The van der Waals surface area contributed by atoms with E-state index in [1.807, 2.05) is 30.9 Å². The first-order valence-corrected chi connectivity index (χ1v) is 12.2. The Kier molecular flexibility index (Phi) is 6.40. The minimum absolute atomic E-state index is 0.0281. The third-order valence-electron chi connectivity index (χ3n) is 7.00. The number of nitrogens with one attached hydrogen (secondary N) is 1. The van der Waals surface area contributed by atoms with E-state index in [1.165, 1.54) is 0 Å². The summed E-state index contributed by atoms with van der Waals surface area (Å²) in [5, 5.41) is 15.2. The Morgan fingerprint density at radius 3 is 2.58 bits per heavy atom. The lowest BCUT2D eigenvalue weighted by Crippen LogP contribution is -2.42. The van der Waals surface area contributed by atoms with E-state index >= 15 is 0 Å². The van der Waals surface area contributed by atoms with Crippen molar-refractivity contribution in [1.82, 2.24) is 19.8 Å². The van der Waals surface area contributed by atoms with Crippen molar-refractivity contribution in [3.8, 4) is 11.5 Å². The summed E-state index contributed by atoms with van der Waals surface area (Å²) >= 11 is 0. The Morgan fingerprint density at radius 2 is 1.92 bits per heavy atom. The molecule has 4 heterocycles. The average Bonchev–Trinajstić information content (AvgIpc) is 3.32. The van der Waals surface area contributed by atoms with Crippen molar-refractivity contribution in [2.75, 3.05) is 20.2 Å². The number of carbonyl (C=O) groups excluding carboxylic acids is 2. The molecular formula is C27H30N4O5. The number of aliphatic hydroxyl groups excluding tert-OH is 1. The number of amides is 2. The van der Waals surface area contributed by atoms with Gasteiger partial charge in [0.1, 0.15) is 22.6 Å². The van der Waals surface area contributed by atoms with Gasteiger partial charge in [0.2, 0.25) is 0 Å². The Hall–Kier alpha value is -3.85. The molecule has 1 aromatic carbocycles. The average molecular weight is 491 g/mol. The van der Waals surface area contributed by atoms with Gasteiger partial charge in [0.15, 0.2) is 5.75 Å². The van der Waals surface area contributed by atoms with E-state index in [9.17, 15) is 9.59 Å². The number of furan rings is 1. The van der Waals surface area contributed by atoms with Gasteiger partial charge < -0.3 is 24.5 Å². The lowest BCUT2D eigenvalue weighted by Gasteiger charge is -2.30. The molecule has 9 heteroatoms. The first kappa shape index (κ1) is 23.9. The van der Waals surface area contributed by atoms with Crippen LogP contribution in [0.25, 0.3) is 16.5 Å². The number of aliphatic hydroxyl groups is 1. The number of fused-ring (bicyclic) bond motifs is 2. The van der Waals surface area contributed by atoms with Gasteiger partial charge in [-0.2, -0.15) is 5.10 Å². The van der Waals surface area contributed by atoms with Crippen molar-refractivity contribution in [2.45, 2.75) is 45.6 Å².